The first-order valence-electron chi connectivity index (χ1n) is 7.37. The van der Waals surface area contributed by atoms with E-state index in [0.29, 0.717) is 30.7 Å². The topological polar surface area (TPSA) is 99.8 Å². The highest BCUT2D eigenvalue weighted by atomic mass is 32.2. The van der Waals surface area contributed by atoms with Crippen molar-refractivity contribution in [3.8, 4) is 0 Å². The average molecular weight is 340 g/mol. The molecule has 8 nitrogen and oxygen atoms in total. The molecule has 2 heterocycles. The van der Waals surface area contributed by atoms with Crippen LogP contribution in [0.1, 0.15) is 5.56 Å². The highest BCUT2D eigenvalue weighted by Crippen LogP contribution is 2.23. The number of likely N-dealkylation sites (tertiary alicyclic amines) is 1. The monoisotopic (exact) mass is 340 g/mol. The first-order valence-corrected chi connectivity index (χ1v) is 8.98. The van der Waals surface area contributed by atoms with E-state index in [2.05, 4.69) is 10.3 Å². The van der Waals surface area contributed by atoms with E-state index >= 15 is 0 Å². The van der Waals surface area contributed by atoms with Gasteiger partial charge in [-0.05, 0) is 21.9 Å². The average Bonchev–Trinajstić information content (AvgIpc) is 3.06. The Labute approximate surface area is 134 Å². The van der Waals surface area contributed by atoms with Gasteiger partial charge in [0.15, 0.2) is 0 Å². The maximum Gasteiger partial charge on any atom is 0.214 e. The lowest BCUT2D eigenvalue weighted by atomic mass is 10.1. The van der Waals surface area contributed by atoms with Gasteiger partial charge in [0.1, 0.15) is 11.0 Å². The van der Waals surface area contributed by atoms with Crippen LogP contribution in [0, 0.1) is 5.92 Å². The third-order valence-corrected chi connectivity index (χ3v) is 6.19. The number of aliphatic hydroxyl groups is 1. The Kier molecular flexibility index (Phi) is 4.37. The summed E-state index contributed by atoms with van der Waals surface area (Å²) in [5, 5.41) is 17.9. The number of nitrogens with zero attached hydrogens (tertiary/aromatic N) is 4. The standard InChI is InChI=1S/C14H20N4O4S/c1-17(2)23(20,21)9-11-7-18(8-13(11)19)6-10-4-3-5-12-14(10)16-22-15-12/h3-5,11,13,19H,6-9H2,1-2H3/t11-,13-/m0/s1. The lowest BCUT2D eigenvalue weighted by molar-refractivity contribution is 0.148. The highest BCUT2D eigenvalue weighted by Gasteiger charge is 2.35. The SMILES string of the molecule is CN(C)S(=O)(=O)C[C@@H]1CN(Cc2cccc3nonc23)C[C@@H]1O. The van der Waals surface area contributed by atoms with Crippen molar-refractivity contribution in [2.24, 2.45) is 5.92 Å². The summed E-state index contributed by atoms with van der Waals surface area (Å²) in [5.41, 5.74) is 2.34. The number of hydrogen-bond acceptors (Lipinski definition) is 7. The van der Waals surface area contributed by atoms with Crippen molar-refractivity contribution >= 4 is 21.1 Å². The molecule has 1 saturated heterocycles. The molecule has 2 atom stereocenters. The van der Waals surface area contributed by atoms with Crippen molar-refractivity contribution in [1.82, 2.24) is 19.5 Å². The van der Waals surface area contributed by atoms with Crippen LogP contribution in [0.5, 0.6) is 0 Å². The van der Waals surface area contributed by atoms with Gasteiger partial charge in [0, 0.05) is 39.6 Å². The molecule has 1 aliphatic rings. The van der Waals surface area contributed by atoms with Gasteiger partial charge in [0.2, 0.25) is 10.0 Å². The van der Waals surface area contributed by atoms with E-state index in [-0.39, 0.29) is 11.7 Å². The molecule has 0 radical (unpaired) electrons. The second-order valence-electron chi connectivity index (χ2n) is 6.13. The number of fused-ring (bicyclic) bond motifs is 1. The number of aliphatic hydroxyl groups excluding tert-OH is 1. The van der Waals surface area contributed by atoms with Crippen molar-refractivity contribution in [2.45, 2.75) is 12.6 Å². The fourth-order valence-electron chi connectivity index (χ4n) is 2.88. The number of hydrogen-bond donors (Lipinski definition) is 1. The first-order chi connectivity index (χ1) is 10.9. The predicted molar refractivity (Wildman–Crippen MR) is 84.1 cm³/mol. The predicted octanol–water partition coefficient (Wildman–Crippen LogP) is -0.0931. The zero-order chi connectivity index (χ0) is 16.6. The van der Waals surface area contributed by atoms with E-state index in [4.69, 9.17) is 4.63 Å². The lowest BCUT2D eigenvalue weighted by Crippen LogP contribution is -2.33. The molecule has 1 aromatic carbocycles. The van der Waals surface area contributed by atoms with E-state index < -0.39 is 16.1 Å². The van der Waals surface area contributed by atoms with Crippen LogP contribution in [-0.2, 0) is 16.6 Å². The molecule has 0 saturated carbocycles. The molecule has 1 aliphatic heterocycles. The fraction of sp³-hybridized carbons (Fsp3) is 0.571. The van der Waals surface area contributed by atoms with Crippen LogP contribution >= 0.6 is 0 Å². The van der Waals surface area contributed by atoms with E-state index in [0.717, 1.165) is 5.56 Å². The summed E-state index contributed by atoms with van der Waals surface area (Å²) in [6.45, 7) is 1.53. The maximum absolute atomic E-state index is 12.0. The normalized spacial score (nSPS) is 23.1. The van der Waals surface area contributed by atoms with E-state index in [1.165, 1.54) is 18.4 Å². The molecule has 2 aromatic rings. The lowest BCUT2D eigenvalue weighted by Gasteiger charge is -2.18. The second kappa shape index (κ2) is 6.16. The number of aromatic nitrogens is 2. The smallest absolute Gasteiger partial charge is 0.214 e. The van der Waals surface area contributed by atoms with Crippen molar-refractivity contribution in [3.63, 3.8) is 0 Å². The van der Waals surface area contributed by atoms with Gasteiger partial charge in [0.25, 0.3) is 0 Å². The molecule has 23 heavy (non-hydrogen) atoms. The molecule has 0 aliphatic carbocycles. The van der Waals surface area contributed by atoms with Crippen LogP contribution in [0.3, 0.4) is 0 Å². The molecule has 0 bridgehead atoms. The zero-order valence-electron chi connectivity index (χ0n) is 13.1. The van der Waals surface area contributed by atoms with Crippen LogP contribution in [0.25, 0.3) is 11.0 Å². The molecule has 1 fully saturated rings. The Hall–Kier alpha value is -1.55. The first kappa shape index (κ1) is 16.3. The second-order valence-corrected chi connectivity index (χ2v) is 8.36. The summed E-state index contributed by atoms with van der Waals surface area (Å²) >= 11 is 0. The highest BCUT2D eigenvalue weighted by molar-refractivity contribution is 7.89. The molecule has 3 rings (SSSR count). The Morgan fingerprint density at radius 2 is 2.13 bits per heavy atom. The minimum atomic E-state index is -3.33. The van der Waals surface area contributed by atoms with Crippen LogP contribution in [0.15, 0.2) is 22.8 Å². The number of sulfonamides is 1. The van der Waals surface area contributed by atoms with Gasteiger partial charge >= 0.3 is 0 Å². The van der Waals surface area contributed by atoms with Crippen LogP contribution in [-0.4, -0.2) is 72.1 Å². The molecule has 0 unspecified atom stereocenters. The van der Waals surface area contributed by atoms with Crippen molar-refractivity contribution in [3.05, 3.63) is 23.8 Å². The fourth-order valence-corrected chi connectivity index (χ4v) is 4.05. The Balaban J connectivity index is 1.71. The van der Waals surface area contributed by atoms with Crippen molar-refractivity contribution in [1.29, 1.82) is 0 Å². The maximum atomic E-state index is 12.0. The van der Waals surface area contributed by atoms with Gasteiger partial charge in [-0.15, -0.1) is 0 Å². The largest absolute Gasteiger partial charge is 0.391 e. The summed E-state index contributed by atoms with van der Waals surface area (Å²) < 4.78 is 30.0. The zero-order valence-corrected chi connectivity index (χ0v) is 13.9. The van der Waals surface area contributed by atoms with Crippen molar-refractivity contribution < 1.29 is 18.2 Å². The van der Waals surface area contributed by atoms with E-state index in [1.807, 2.05) is 23.1 Å². The third kappa shape index (κ3) is 3.37. The quantitative estimate of drug-likeness (QED) is 0.812. The molecule has 1 aromatic heterocycles. The molecule has 0 spiro atoms. The molecule has 1 N–H and O–H groups in total. The van der Waals surface area contributed by atoms with Gasteiger partial charge in [-0.2, -0.15) is 0 Å². The minimum absolute atomic E-state index is 0.0482. The molecule has 126 valence electrons. The number of benzene rings is 1. The Bertz CT molecular complexity index is 789. The molecule has 9 heteroatoms. The summed E-state index contributed by atoms with van der Waals surface area (Å²) in [6.07, 6.45) is -0.653. The molecular formula is C14H20N4O4S. The third-order valence-electron chi connectivity index (χ3n) is 4.23. The van der Waals surface area contributed by atoms with Gasteiger partial charge in [-0.25, -0.2) is 17.4 Å². The summed E-state index contributed by atoms with van der Waals surface area (Å²) in [6, 6.07) is 5.63. The number of rotatable bonds is 5. The van der Waals surface area contributed by atoms with Gasteiger partial charge in [0.05, 0.1) is 11.9 Å². The van der Waals surface area contributed by atoms with Crippen LogP contribution in [0.2, 0.25) is 0 Å². The summed E-state index contributed by atoms with van der Waals surface area (Å²) in [4.78, 5) is 2.03. The Morgan fingerprint density at radius 1 is 1.35 bits per heavy atom. The van der Waals surface area contributed by atoms with Crippen LogP contribution < -0.4 is 0 Å². The molecule has 0 amide bonds. The van der Waals surface area contributed by atoms with E-state index in [9.17, 15) is 13.5 Å². The minimum Gasteiger partial charge on any atom is -0.391 e. The van der Waals surface area contributed by atoms with Crippen molar-refractivity contribution in [2.75, 3.05) is 32.9 Å². The summed E-state index contributed by atoms with van der Waals surface area (Å²) in [5.74, 6) is -0.343. The summed E-state index contributed by atoms with van der Waals surface area (Å²) in [7, 11) is -0.314. The van der Waals surface area contributed by atoms with Gasteiger partial charge in [-0.1, -0.05) is 12.1 Å². The number of β-amino-alcohol motifs (C(OH)–C–C–N with tert-alkyl or cyclic N) is 1. The Morgan fingerprint density at radius 3 is 2.87 bits per heavy atom. The molecular weight excluding hydrogens is 320 g/mol. The van der Waals surface area contributed by atoms with Gasteiger partial charge in [-0.3, -0.25) is 4.90 Å². The van der Waals surface area contributed by atoms with E-state index in [1.54, 1.807) is 0 Å². The van der Waals surface area contributed by atoms with Gasteiger partial charge < -0.3 is 5.11 Å². The van der Waals surface area contributed by atoms with Crippen LogP contribution in [0.4, 0.5) is 0 Å².